The number of hydrogen-bond acceptors (Lipinski definition) is 3. The number of nitrogens with one attached hydrogen (secondary N) is 1. The lowest BCUT2D eigenvalue weighted by atomic mass is 10.3. The van der Waals surface area contributed by atoms with Crippen LogP contribution < -0.4 is 10.1 Å². The summed E-state index contributed by atoms with van der Waals surface area (Å²) in [5.41, 5.74) is 0. The highest BCUT2D eigenvalue weighted by Gasteiger charge is 2.07. The van der Waals surface area contributed by atoms with Crippen molar-refractivity contribution in [3.63, 3.8) is 0 Å². The van der Waals surface area contributed by atoms with Gasteiger partial charge in [-0.25, -0.2) is 0 Å². The Morgan fingerprint density at radius 2 is 1.90 bits per heavy atom. The normalized spacial score (nSPS) is 11.1. The Balaban J connectivity index is 1.92. The van der Waals surface area contributed by atoms with Gasteiger partial charge in [0, 0.05) is 22.3 Å². The summed E-state index contributed by atoms with van der Waals surface area (Å²) in [4.78, 5) is 2.47. The third-order valence-corrected chi connectivity index (χ3v) is 4.55. The average molecular weight is 330 g/mol. The van der Waals surface area contributed by atoms with Crippen molar-refractivity contribution in [2.24, 2.45) is 0 Å². The first kappa shape index (κ1) is 15.6. The van der Waals surface area contributed by atoms with E-state index < -0.39 is 0 Å². The quantitative estimate of drug-likeness (QED) is 0.792. The maximum absolute atomic E-state index is 6.09. The van der Waals surface area contributed by atoms with Gasteiger partial charge in [-0.1, -0.05) is 43.1 Å². The van der Waals surface area contributed by atoms with E-state index >= 15 is 0 Å². The van der Waals surface area contributed by atoms with Crippen LogP contribution in [0.15, 0.2) is 30.3 Å². The van der Waals surface area contributed by atoms with E-state index in [0.717, 1.165) is 6.54 Å². The van der Waals surface area contributed by atoms with E-state index in [-0.39, 0.29) is 0 Å². The minimum absolute atomic E-state index is 0.465. The van der Waals surface area contributed by atoms with Gasteiger partial charge in [-0.3, -0.25) is 0 Å². The number of ether oxygens (including phenoxy) is 1. The topological polar surface area (TPSA) is 21.3 Å². The molecular formula is C15H17Cl2NOS. The van der Waals surface area contributed by atoms with E-state index in [2.05, 4.69) is 31.3 Å². The molecule has 0 bridgehead atoms. The molecule has 1 aromatic carbocycles. The second-order valence-electron chi connectivity index (χ2n) is 4.74. The number of rotatable bonds is 6. The molecule has 0 unspecified atom stereocenters. The van der Waals surface area contributed by atoms with Gasteiger partial charge in [0.15, 0.2) is 0 Å². The maximum Gasteiger partial charge on any atom is 0.139 e. The van der Waals surface area contributed by atoms with Crippen molar-refractivity contribution in [3.05, 3.63) is 50.1 Å². The molecule has 2 nitrogen and oxygen atoms in total. The fraction of sp³-hybridized carbons (Fsp3) is 0.333. The zero-order valence-electron chi connectivity index (χ0n) is 11.5. The Labute approximate surface area is 133 Å². The highest BCUT2D eigenvalue weighted by Crippen LogP contribution is 2.32. The monoisotopic (exact) mass is 329 g/mol. The first-order valence-electron chi connectivity index (χ1n) is 6.44. The summed E-state index contributed by atoms with van der Waals surface area (Å²) >= 11 is 13.8. The second-order valence-corrected chi connectivity index (χ2v) is 6.78. The van der Waals surface area contributed by atoms with Gasteiger partial charge >= 0.3 is 0 Å². The molecule has 0 amide bonds. The van der Waals surface area contributed by atoms with Crippen molar-refractivity contribution in [1.29, 1.82) is 0 Å². The summed E-state index contributed by atoms with van der Waals surface area (Å²) in [7, 11) is 0. The Kier molecular flexibility index (Phi) is 5.73. The molecule has 1 N–H and O–H groups in total. The van der Waals surface area contributed by atoms with Crippen LogP contribution in [0.2, 0.25) is 10.0 Å². The van der Waals surface area contributed by atoms with Crippen LogP contribution >= 0.6 is 34.5 Å². The van der Waals surface area contributed by atoms with Gasteiger partial charge < -0.3 is 10.1 Å². The predicted molar refractivity (Wildman–Crippen MR) is 87.1 cm³/mol. The lowest BCUT2D eigenvalue weighted by molar-refractivity contribution is 0.310. The molecular weight excluding hydrogens is 313 g/mol. The van der Waals surface area contributed by atoms with Gasteiger partial charge in [-0.15, -0.1) is 11.3 Å². The molecule has 0 aliphatic rings. The Hall–Kier alpha value is -0.740. The van der Waals surface area contributed by atoms with Crippen molar-refractivity contribution in [2.45, 2.75) is 33.0 Å². The first-order valence-corrected chi connectivity index (χ1v) is 8.01. The molecule has 0 spiro atoms. The largest absolute Gasteiger partial charge is 0.486 e. The summed E-state index contributed by atoms with van der Waals surface area (Å²) in [5.74, 6) is 0.620. The van der Waals surface area contributed by atoms with E-state index in [0.29, 0.717) is 28.4 Å². The SMILES string of the molecule is CC(C)NCc1ccc(COc2cccc(Cl)c2Cl)s1. The van der Waals surface area contributed by atoms with Crippen molar-refractivity contribution in [1.82, 2.24) is 5.32 Å². The van der Waals surface area contributed by atoms with Crippen LogP contribution in [-0.4, -0.2) is 6.04 Å². The smallest absolute Gasteiger partial charge is 0.139 e. The van der Waals surface area contributed by atoms with Gasteiger partial charge in [-0.05, 0) is 24.3 Å². The van der Waals surface area contributed by atoms with E-state index in [1.807, 2.05) is 12.1 Å². The van der Waals surface area contributed by atoms with Crippen LogP contribution in [0.1, 0.15) is 23.6 Å². The third kappa shape index (κ3) is 4.38. The zero-order valence-corrected chi connectivity index (χ0v) is 13.8. The third-order valence-electron chi connectivity index (χ3n) is 2.69. The van der Waals surface area contributed by atoms with Gasteiger partial charge in [-0.2, -0.15) is 0 Å². The van der Waals surface area contributed by atoms with Gasteiger partial charge in [0.25, 0.3) is 0 Å². The predicted octanol–water partition coefficient (Wildman–Crippen LogP) is 5.13. The molecule has 1 heterocycles. The Bertz CT molecular complexity index is 569. The first-order chi connectivity index (χ1) is 9.56. The van der Waals surface area contributed by atoms with E-state index in [1.54, 1.807) is 17.4 Å². The summed E-state index contributed by atoms with van der Waals surface area (Å²) in [6.45, 7) is 5.67. The lowest BCUT2D eigenvalue weighted by Gasteiger charge is -2.07. The molecule has 108 valence electrons. The van der Waals surface area contributed by atoms with Crippen molar-refractivity contribution >= 4 is 34.5 Å². The average Bonchev–Trinajstić information content (AvgIpc) is 2.86. The maximum atomic E-state index is 6.09. The van der Waals surface area contributed by atoms with Crippen molar-refractivity contribution in [2.75, 3.05) is 0 Å². The highest BCUT2D eigenvalue weighted by molar-refractivity contribution is 7.11. The van der Waals surface area contributed by atoms with Gasteiger partial charge in [0.2, 0.25) is 0 Å². The fourth-order valence-electron chi connectivity index (χ4n) is 1.64. The molecule has 2 rings (SSSR count). The second kappa shape index (κ2) is 7.32. The summed E-state index contributed by atoms with van der Waals surface area (Å²) in [6.07, 6.45) is 0. The molecule has 1 aromatic heterocycles. The van der Waals surface area contributed by atoms with Crippen LogP contribution in [0, 0.1) is 0 Å². The van der Waals surface area contributed by atoms with Gasteiger partial charge in [0.05, 0.1) is 5.02 Å². The number of halogens is 2. The van der Waals surface area contributed by atoms with Gasteiger partial charge in [0.1, 0.15) is 17.4 Å². The number of hydrogen-bond donors (Lipinski definition) is 1. The summed E-state index contributed by atoms with van der Waals surface area (Å²) in [6, 6.07) is 10.1. The van der Waals surface area contributed by atoms with Crippen LogP contribution in [0.3, 0.4) is 0 Å². The molecule has 2 aromatic rings. The molecule has 0 atom stereocenters. The molecule has 0 aliphatic heterocycles. The van der Waals surface area contributed by atoms with Crippen LogP contribution in [0.4, 0.5) is 0 Å². The lowest BCUT2D eigenvalue weighted by Crippen LogP contribution is -2.21. The molecule has 0 fully saturated rings. The Morgan fingerprint density at radius 1 is 1.15 bits per heavy atom. The Morgan fingerprint density at radius 3 is 2.65 bits per heavy atom. The minimum atomic E-state index is 0.465. The molecule has 0 radical (unpaired) electrons. The van der Waals surface area contributed by atoms with E-state index in [1.165, 1.54) is 9.75 Å². The van der Waals surface area contributed by atoms with Crippen molar-refractivity contribution < 1.29 is 4.74 Å². The molecule has 0 aliphatic carbocycles. The molecule has 5 heteroatoms. The minimum Gasteiger partial charge on any atom is -0.486 e. The zero-order chi connectivity index (χ0) is 14.5. The van der Waals surface area contributed by atoms with Crippen LogP contribution in [0.25, 0.3) is 0 Å². The molecule has 20 heavy (non-hydrogen) atoms. The van der Waals surface area contributed by atoms with E-state index in [4.69, 9.17) is 27.9 Å². The number of benzene rings is 1. The van der Waals surface area contributed by atoms with Crippen molar-refractivity contribution in [3.8, 4) is 5.75 Å². The standard InChI is InChI=1S/C15H17Cl2NOS/c1-10(2)18-8-11-6-7-12(20-11)9-19-14-5-3-4-13(16)15(14)17/h3-7,10,18H,8-9H2,1-2H3. The fourth-order valence-corrected chi connectivity index (χ4v) is 2.87. The molecule has 0 saturated carbocycles. The summed E-state index contributed by atoms with van der Waals surface area (Å²) in [5, 5.41) is 4.37. The van der Waals surface area contributed by atoms with Crippen LogP contribution in [-0.2, 0) is 13.2 Å². The molecule has 0 saturated heterocycles. The van der Waals surface area contributed by atoms with Crippen LogP contribution in [0.5, 0.6) is 5.75 Å². The summed E-state index contributed by atoms with van der Waals surface area (Å²) < 4.78 is 5.72. The highest BCUT2D eigenvalue weighted by atomic mass is 35.5. The number of thiophene rings is 1. The van der Waals surface area contributed by atoms with E-state index in [9.17, 15) is 0 Å².